The summed E-state index contributed by atoms with van der Waals surface area (Å²) >= 11 is 0. The van der Waals surface area contributed by atoms with Crippen LogP contribution in [0.2, 0.25) is 0 Å². The molecule has 3 heteroatoms. The summed E-state index contributed by atoms with van der Waals surface area (Å²) in [7, 11) is 2.15. The molecular weight excluding hydrogens is 226 g/mol. The van der Waals surface area contributed by atoms with Gasteiger partial charge in [-0.05, 0) is 57.0 Å². The van der Waals surface area contributed by atoms with Crippen LogP contribution in [0.5, 0.6) is 0 Å². The maximum Gasteiger partial charge on any atom is 0.0631 e. The Kier molecular flexibility index (Phi) is 6.61. The molecule has 3 nitrogen and oxygen atoms in total. The molecular formula is C15H31NO2. The summed E-state index contributed by atoms with van der Waals surface area (Å²) in [5.41, 5.74) is 0.0840. The number of hydrogen-bond acceptors (Lipinski definition) is 3. The molecule has 1 fully saturated rings. The minimum atomic E-state index is -0.161. The quantitative estimate of drug-likeness (QED) is 0.688. The first-order valence-corrected chi connectivity index (χ1v) is 7.45. The normalized spacial score (nSPS) is 27.7. The van der Waals surface area contributed by atoms with E-state index in [0.717, 1.165) is 45.2 Å². The van der Waals surface area contributed by atoms with Crippen molar-refractivity contribution in [2.24, 2.45) is 11.3 Å². The van der Waals surface area contributed by atoms with Crippen molar-refractivity contribution in [2.45, 2.75) is 58.5 Å². The van der Waals surface area contributed by atoms with Crippen molar-refractivity contribution < 1.29 is 10.2 Å². The molecule has 1 saturated carbocycles. The molecule has 0 aromatic rings. The molecule has 1 aliphatic carbocycles. The summed E-state index contributed by atoms with van der Waals surface area (Å²) in [5.74, 6) is 0.427. The van der Waals surface area contributed by atoms with Crippen molar-refractivity contribution >= 4 is 0 Å². The SMILES string of the molecule is CN(CCCCCO)CC1CCCC(C)(C)C1O. The molecule has 0 aliphatic heterocycles. The molecule has 0 radical (unpaired) electrons. The Morgan fingerprint density at radius 3 is 2.61 bits per heavy atom. The topological polar surface area (TPSA) is 43.7 Å². The van der Waals surface area contributed by atoms with Crippen molar-refractivity contribution in [2.75, 3.05) is 26.7 Å². The molecule has 0 amide bonds. The van der Waals surface area contributed by atoms with Gasteiger partial charge in [-0.3, -0.25) is 0 Å². The second-order valence-electron chi connectivity index (χ2n) is 6.63. The molecule has 0 heterocycles. The van der Waals surface area contributed by atoms with Crippen LogP contribution in [0.25, 0.3) is 0 Å². The van der Waals surface area contributed by atoms with Gasteiger partial charge in [0.25, 0.3) is 0 Å². The first-order valence-electron chi connectivity index (χ1n) is 7.45. The smallest absolute Gasteiger partial charge is 0.0631 e. The Labute approximate surface area is 112 Å². The lowest BCUT2D eigenvalue weighted by atomic mass is 9.69. The Hall–Kier alpha value is -0.120. The molecule has 0 aromatic carbocycles. The Bertz CT molecular complexity index is 231. The molecule has 2 atom stereocenters. The zero-order valence-corrected chi connectivity index (χ0v) is 12.4. The van der Waals surface area contributed by atoms with Gasteiger partial charge >= 0.3 is 0 Å². The minimum absolute atomic E-state index is 0.0840. The van der Waals surface area contributed by atoms with Gasteiger partial charge in [-0.1, -0.05) is 20.3 Å². The fourth-order valence-corrected chi connectivity index (χ4v) is 3.12. The molecule has 108 valence electrons. The monoisotopic (exact) mass is 257 g/mol. The van der Waals surface area contributed by atoms with E-state index in [0.29, 0.717) is 12.5 Å². The zero-order chi connectivity index (χ0) is 13.6. The van der Waals surface area contributed by atoms with Crippen LogP contribution in [0.15, 0.2) is 0 Å². The number of unbranched alkanes of at least 4 members (excludes halogenated alkanes) is 2. The van der Waals surface area contributed by atoms with Crippen LogP contribution in [0.3, 0.4) is 0 Å². The number of aliphatic hydroxyl groups excluding tert-OH is 2. The van der Waals surface area contributed by atoms with Crippen LogP contribution in [0.4, 0.5) is 0 Å². The van der Waals surface area contributed by atoms with E-state index in [4.69, 9.17) is 5.11 Å². The summed E-state index contributed by atoms with van der Waals surface area (Å²) < 4.78 is 0. The highest BCUT2D eigenvalue weighted by atomic mass is 16.3. The molecule has 0 aromatic heterocycles. The van der Waals surface area contributed by atoms with Gasteiger partial charge in [-0.15, -0.1) is 0 Å². The van der Waals surface area contributed by atoms with Crippen LogP contribution in [0, 0.1) is 11.3 Å². The number of hydrogen-bond donors (Lipinski definition) is 2. The van der Waals surface area contributed by atoms with Gasteiger partial charge in [-0.2, -0.15) is 0 Å². The lowest BCUT2D eigenvalue weighted by molar-refractivity contribution is -0.0409. The maximum atomic E-state index is 10.4. The number of aliphatic hydroxyl groups is 2. The Morgan fingerprint density at radius 2 is 1.94 bits per heavy atom. The second-order valence-corrected chi connectivity index (χ2v) is 6.63. The van der Waals surface area contributed by atoms with Gasteiger partial charge in [0, 0.05) is 13.2 Å². The summed E-state index contributed by atoms with van der Waals surface area (Å²) in [4.78, 5) is 2.34. The highest BCUT2D eigenvalue weighted by Gasteiger charge is 2.37. The van der Waals surface area contributed by atoms with Gasteiger partial charge in [0.2, 0.25) is 0 Å². The highest BCUT2D eigenvalue weighted by molar-refractivity contribution is 4.89. The van der Waals surface area contributed by atoms with Crippen LogP contribution in [-0.2, 0) is 0 Å². The predicted octanol–water partition coefficient (Wildman–Crippen LogP) is 2.27. The lowest BCUT2D eigenvalue weighted by Crippen LogP contribution is -2.44. The van der Waals surface area contributed by atoms with E-state index in [9.17, 15) is 5.11 Å². The van der Waals surface area contributed by atoms with Crippen LogP contribution >= 0.6 is 0 Å². The summed E-state index contributed by atoms with van der Waals surface area (Å²) in [6, 6.07) is 0. The van der Waals surface area contributed by atoms with Crippen LogP contribution < -0.4 is 0 Å². The van der Waals surface area contributed by atoms with Gasteiger partial charge in [0.15, 0.2) is 0 Å². The van der Waals surface area contributed by atoms with E-state index in [1.807, 2.05) is 0 Å². The third-order valence-corrected chi connectivity index (χ3v) is 4.39. The molecule has 2 unspecified atom stereocenters. The molecule has 0 spiro atoms. The summed E-state index contributed by atoms with van der Waals surface area (Å²) in [6.45, 7) is 6.75. The lowest BCUT2D eigenvalue weighted by Gasteiger charge is -2.42. The fourth-order valence-electron chi connectivity index (χ4n) is 3.12. The Morgan fingerprint density at radius 1 is 1.22 bits per heavy atom. The van der Waals surface area contributed by atoms with E-state index in [2.05, 4.69) is 25.8 Å². The third-order valence-electron chi connectivity index (χ3n) is 4.39. The first-order chi connectivity index (χ1) is 8.47. The molecule has 0 bridgehead atoms. The van der Waals surface area contributed by atoms with E-state index >= 15 is 0 Å². The fraction of sp³-hybridized carbons (Fsp3) is 1.00. The average Bonchev–Trinajstić information content (AvgIpc) is 2.31. The largest absolute Gasteiger partial charge is 0.396 e. The Balaban J connectivity index is 2.28. The highest BCUT2D eigenvalue weighted by Crippen LogP contribution is 2.39. The van der Waals surface area contributed by atoms with Gasteiger partial charge in [0.05, 0.1) is 6.10 Å². The number of nitrogens with zero attached hydrogens (tertiary/aromatic N) is 1. The van der Waals surface area contributed by atoms with Crippen LogP contribution in [0.1, 0.15) is 52.4 Å². The van der Waals surface area contributed by atoms with Gasteiger partial charge < -0.3 is 15.1 Å². The van der Waals surface area contributed by atoms with E-state index in [1.54, 1.807) is 0 Å². The van der Waals surface area contributed by atoms with E-state index in [-0.39, 0.29) is 11.5 Å². The third kappa shape index (κ3) is 4.87. The summed E-state index contributed by atoms with van der Waals surface area (Å²) in [5, 5.41) is 19.1. The standard InChI is InChI=1S/C15H31NO2/c1-15(2)9-7-8-13(14(15)18)12-16(3)10-5-4-6-11-17/h13-14,17-18H,4-12H2,1-3H3. The van der Waals surface area contributed by atoms with Crippen molar-refractivity contribution in [3.8, 4) is 0 Å². The van der Waals surface area contributed by atoms with Crippen molar-refractivity contribution in [1.82, 2.24) is 4.90 Å². The predicted molar refractivity (Wildman–Crippen MR) is 75.6 cm³/mol. The van der Waals surface area contributed by atoms with Crippen molar-refractivity contribution in [3.63, 3.8) is 0 Å². The maximum absolute atomic E-state index is 10.4. The molecule has 0 saturated heterocycles. The molecule has 18 heavy (non-hydrogen) atoms. The molecule has 2 N–H and O–H groups in total. The minimum Gasteiger partial charge on any atom is -0.396 e. The van der Waals surface area contributed by atoms with Gasteiger partial charge in [-0.25, -0.2) is 0 Å². The van der Waals surface area contributed by atoms with Crippen molar-refractivity contribution in [1.29, 1.82) is 0 Å². The van der Waals surface area contributed by atoms with Crippen LogP contribution in [-0.4, -0.2) is 48.0 Å². The van der Waals surface area contributed by atoms with E-state index in [1.165, 1.54) is 6.42 Å². The average molecular weight is 257 g/mol. The first kappa shape index (κ1) is 15.9. The van der Waals surface area contributed by atoms with Crippen molar-refractivity contribution in [3.05, 3.63) is 0 Å². The van der Waals surface area contributed by atoms with Gasteiger partial charge in [0.1, 0.15) is 0 Å². The number of rotatable bonds is 7. The zero-order valence-electron chi connectivity index (χ0n) is 12.4. The summed E-state index contributed by atoms with van der Waals surface area (Å²) in [6.07, 6.45) is 6.53. The second kappa shape index (κ2) is 7.46. The molecule has 1 rings (SSSR count). The van der Waals surface area contributed by atoms with E-state index < -0.39 is 0 Å². The molecule has 1 aliphatic rings.